The van der Waals surface area contributed by atoms with Gasteiger partial charge in [0, 0.05) is 18.0 Å². The maximum Gasteiger partial charge on any atom is 0.111 e. The molecule has 4 nitrogen and oxygen atoms in total. The first-order chi connectivity index (χ1) is 8.97. The van der Waals surface area contributed by atoms with Gasteiger partial charge in [0.15, 0.2) is 0 Å². The van der Waals surface area contributed by atoms with Gasteiger partial charge in [-0.15, -0.1) is 11.6 Å². The zero-order valence-electron chi connectivity index (χ0n) is 10.9. The molecule has 19 heavy (non-hydrogen) atoms. The van der Waals surface area contributed by atoms with Gasteiger partial charge in [-0.25, -0.2) is 0 Å². The predicted octanol–water partition coefficient (Wildman–Crippen LogP) is 1.42. The lowest BCUT2D eigenvalue weighted by atomic mass is 9.88. The Hall–Kier alpha value is -0.810. The van der Waals surface area contributed by atoms with Crippen LogP contribution in [0.25, 0.3) is 0 Å². The lowest BCUT2D eigenvalue weighted by molar-refractivity contribution is 0.169. The van der Waals surface area contributed by atoms with Gasteiger partial charge in [-0.05, 0) is 24.5 Å². The van der Waals surface area contributed by atoms with Crippen molar-refractivity contribution in [3.05, 3.63) is 36.1 Å². The van der Waals surface area contributed by atoms with E-state index in [-0.39, 0.29) is 35.4 Å². The van der Waals surface area contributed by atoms with Crippen LogP contribution >= 0.6 is 11.6 Å². The van der Waals surface area contributed by atoms with E-state index in [9.17, 15) is 10.2 Å². The molecule has 0 aromatic carbocycles. The second kappa shape index (κ2) is 6.09. The second-order valence-electron chi connectivity index (χ2n) is 5.36. The van der Waals surface area contributed by atoms with Crippen LogP contribution in [0.5, 0.6) is 0 Å². The van der Waals surface area contributed by atoms with Crippen molar-refractivity contribution in [1.82, 2.24) is 5.32 Å². The van der Waals surface area contributed by atoms with Gasteiger partial charge in [0.1, 0.15) is 5.76 Å². The summed E-state index contributed by atoms with van der Waals surface area (Å²) in [4.78, 5) is 0. The third-order valence-electron chi connectivity index (χ3n) is 3.75. The summed E-state index contributed by atoms with van der Waals surface area (Å²) in [6.45, 7) is 2.07. The van der Waals surface area contributed by atoms with E-state index < -0.39 is 0 Å². The molecular weight excluding hydrogens is 264 g/mol. The van der Waals surface area contributed by atoms with Crippen LogP contribution in [0.2, 0.25) is 0 Å². The molecule has 0 saturated heterocycles. The Kier molecular flexibility index (Phi) is 4.68. The standard InChI is InChI=1S/C14H21ClN2O2/c1-8-6-9(18)3-5-13(8)17-14(15)11-7-10(19)2-4-12(11)16/h2-5,7-9,11-14,17-19H,6,16H2,1H3. The lowest BCUT2D eigenvalue weighted by Crippen LogP contribution is -2.48. The van der Waals surface area contributed by atoms with E-state index in [1.54, 1.807) is 24.3 Å². The van der Waals surface area contributed by atoms with Crippen molar-refractivity contribution >= 4 is 11.6 Å². The summed E-state index contributed by atoms with van der Waals surface area (Å²) in [6.07, 6.45) is 9.10. The third-order valence-corrected chi connectivity index (χ3v) is 4.17. The SMILES string of the molecule is CC1CC(O)C=CC1NC(Cl)C1C=C(O)C=CC1N. The number of halogens is 1. The van der Waals surface area contributed by atoms with Crippen LogP contribution in [-0.4, -0.2) is 33.9 Å². The average Bonchev–Trinajstić information content (AvgIpc) is 2.35. The summed E-state index contributed by atoms with van der Waals surface area (Å²) in [7, 11) is 0. The molecule has 5 heteroatoms. The van der Waals surface area contributed by atoms with Crippen molar-refractivity contribution in [3.63, 3.8) is 0 Å². The minimum atomic E-state index is -0.370. The molecule has 0 spiro atoms. The highest BCUT2D eigenvalue weighted by Gasteiger charge is 2.29. The van der Waals surface area contributed by atoms with E-state index in [1.807, 2.05) is 6.08 Å². The fraction of sp³-hybridized carbons (Fsp3) is 0.571. The molecule has 0 aliphatic heterocycles. The van der Waals surface area contributed by atoms with Crippen molar-refractivity contribution in [2.75, 3.05) is 0 Å². The summed E-state index contributed by atoms with van der Waals surface area (Å²) in [5, 5.41) is 22.4. The zero-order valence-corrected chi connectivity index (χ0v) is 11.7. The topological polar surface area (TPSA) is 78.5 Å². The molecule has 5 N–H and O–H groups in total. The highest BCUT2D eigenvalue weighted by Crippen LogP contribution is 2.24. The maximum atomic E-state index is 9.54. The number of alkyl halides is 1. The van der Waals surface area contributed by atoms with Gasteiger partial charge in [0.2, 0.25) is 0 Å². The Morgan fingerprint density at radius 2 is 2.16 bits per heavy atom. The van der Waals surface area contributed by atoms with E-state index in [1.165, 1.54) is 0 Å². The fourth-order valence-corrected chi connectivity index (χ4v) is 2.93. The first-order valence-corrected chi connectivity index (χ1v) is 7.02. The molecule has 6 unspecified atom stereocenters. The summed E-state index contributed by atoms with van der Waals surface area (Å²) in [6, 6.07) is -0.0982. The van der Waals surface area contributed by atoms with Gasteiger partial charge >= 0.3 is 0 Å². The Balaban J connectivity index is 1.99. The Morgan fingerprint density at radius 3 is 2.84 bits per heavy atom. The predicted molar refractivity (Wildman–Crippen MR) is 76.8 cm³/mol. The Labute approximate surface area is 118 Å². The van der Waals surface area contributed by atoms with E-state index in [2.05, 4.69) is 12.2 Å². The molecule has 106 valence electrons. The minimum Gasteiger partial charge on any atom is -0.508 e. The van der Waals surface area contributed by atoms with Crippen LogP contribution in [0, 0.1) is 11.8 Å². The summed E-state index contributed by atoms with van der Waals surface area (Å²) >= 11 is 6.38. The van der Waals surface area contributed by atoms with Crippen molar-refractivity contribution in [2.24, 2.45) is 17.6 Å². The van der Waals surface area contributed by atoms with Crippen LogP contribution in [0.4, 0.5) is 0 Å². The monoisotopic (exact) mass is 284 g/mol. The molecule has 6 atom stereocenters. The van der Waals surface area contributed by atoms with Gasteiger partial charge in [-0.1, -0.05) is 25.2 Å². The Morgan fingerprint density at radius 1 is 1.42 bits per heavy atom. The number of hydrogen-bond donors (Lipinski definition) is 4. The highest BCUT2D eigenvalue weighted by molar-refractivity contribution is 6.20. The molecule has 0 amide bonds. The molecule has 2 aliphatic carbocycles. The molecule has 2 rings (SSSR count). The number of nitrogens with one attached hydrogen (secondary N) is 1. The van der Waals surface area contributed by atoms with Crippen molar-refractivity contribution in [3.8, 4) is 0 Å². The van der Waals surface area contributed by atoms with Gasteiger partial charge < -0.3 is 15.9 Å². The van der Waals surface area contributed by atoms with Crippen LogP contribution in [0.1, 0.15) is 13.3 Å². The minimum absolute atomic E-state index is 0.111. The number of rotatable bonds is 3. The largest absolute Gasteiger partial charge is 0.508 e. The zero-order chi connectivity index (χ0) is 14.0. The third kappa shape index (κ3) is 3.60. The first kappa shape index (κ1) is 14.6. The molecule has 2 aliphatic rings. The number of aliphatic hydroxyl groups is 2. The highest BCUT2D eigenvalue weighted by atomic mass is 35.5. The molecule has 0 saturated carbocycles. The van der Waals surface area contributed by atoms with Gasteiger partial charge in [0.05, 0.1) is 11.6 Å². The lowest BCUT2D eigenvalue weighted by Gasteiger charge is -2.33. The number of allylic oxidation sites excluding steroid dienone is 1. The fourth-order valence-electron chi connectivity index (χ4n) is 2.54. The van der Waals surface area contributed by atoms with E-state index in [0.717, 1.165) is 6.42 Å². The number of nitrogens with two attached hydrogens (primary N) is 1. The van der Waals surface area contributed by atoms with Crippen LogP contribution in [-0.2, 0) is 0 Å². The molecular formula is C14H21ClN2O2. The first-order valence-electron chi connectivity index (χ1n) is 6.58. The van der Waals surface area contributed by atoms with E-state index >= 15 is 0 Å². The summed E-state index contributed by atoms with van der Waals surface area (Å²) in [5.74, 6) is 0.343. The summed E-state index contributed by atoms with van der Waals surface area (Å²) in [5.41, 5.74) is 5.61. The molecule has 0 fully saturated rings. The van der Waals surface area contributed by atoms with E-state index in [0.29, 0.717) is 5.92 Å². The molecule has 0 aromatic rings. The van der Waals surface area contributed by atoms with Crippen molar-refractivity contribution < 1.29 is 10.2 Å². The number of aliphatic hydroxyl groups excluding tert-OH is 2. The average molecular weight is 285 g/mol. The van der Waals surface area contributed by atoms with Gasteiger partial charge in [0.25, 0.3) is 0 Å². The summed E-state index contributed by atoms with van der Waals surface area (Å²) < 4.78 is 0. The van der Waals surface area contributed by atoms with Crippen molar-refractivity contribution in [2.45, 2.75) is 37.0 Å². The van der Waals surface area contributed by atoms with Crippen molar-refractivity contribution in [1.29, 1.82) is 0 Å². The van der Waals surface area contributed by atoms with Crippen LogP contribution in [0.15, 0.2) is 36.1 Å². The quantitative estimate of drug-likeness (QED) is 0.359. The molecule has 0 radical (unpaired) electrons. The molecule has 0 heterocycles. The van der Waals surface area contributed by atoms with Crippen LogP contribution in [0.3, 0.4) is 0 Å². The normalized spacial score (nSPS) is 40.0. The molecule has 0 aromatic heterocycles. The van der Waals surface area contributed by atoms with Gasteiger partial charge in [-0.3, -0.25) is 5.32 Å². The van der Waals surface area contributed by atoms with E-state index in [4.69, 9.17) is 17.3 Å². The second-order valence-corrected chi connectivity index (χ2v) is 5.83. The maximum absolute atomic E-state index is 9.54. The Bertz CT molecular complexity index is 408. The number of hydrogen-bond acceptors (Lipinski definition) is 4. The smallest absolute Gasteiger partial charge is 0.111 e. The van der Waals surface area contributed by atoms with Gasteiger partial charge in [-0.2, -0.15) is 0 Å². The molecule has 0 bridgehead atoms. The van der Waals surface area contributed by atoms with Crippen LogP contribution < -0.4 is 11.1 Å².